The lowest BCUT2D eigenvalue weighted by Crippen LogP contribution is -2.21. The molecule has 84 valence electrons. The van der Waals surface area contributed by atoms with Crippen LogP contribution in [0.15, 0.2) is 18.2 Å². The first kappa shape index (κ1) is 12.0. The number of benzene rings is 1. The van der Waals surface area contributed by atoms with E-state index in [4.69, 9.17) is 10.8 Å². The van der Waals surface area contributed by atoms with Crippen molar-refractivity contribution >= 4 is 0 Å². The molecule has 0 aromatic heterocycles. The molecule has 1 aromatic rings. The van der Waals surface area contributed by atoms with E-state index < -0.39 is 24.4 Å². The normalized spacial score (nSPS) is 14.0. The van der Waals surface area contributed by atoms with Gasteiger partial charge < -0.3 is 10.8 Å². The molecule has 0 heterocycles. The van der Waals surface area contributed by atoms with Crippen molar-refractivity contribution in [2.45, 2.75) is 19.1 Å². The molecule has 0 aliphatic heterocycles. The van der Waals surface area contributed by atoms with Crippen LogP contribution < -0.4 is 5.73 Å². The molecule has 1 atom stereocenters. The van der Waals surface area contributed by atoms with Gasteiger partial charge in [-0.3, -0.25) is 0 Å². The Morgan fingerprint density at radius 1 is 1.40 bits per heavy atom. The third kappa shape index (κ3) is 2.49. The lowest BCUT2D eigenvalue weighted by atomic mass is 9.97. The lowest BCUT2D eigenvalue weighted by Gasteiger charge is -2.18. The maximum Gasteiger partial charge on any atom is 0.416 e. The van der Waals surface area contributed by atoms with Crippen LogP contribution in [-0.4, -0.2) is 11.7 Å². The van der Waals surface area contributed by atoms with Gasteiger partial charge in [-0.1, -0.05) is 18.2 Å². The number of aliphatic hydroxyl groups excluding tert-OH is 1. The summed E-state index contributed by atoms with van der Waals surface area (Å²) in [4.78, 5) is 0. The minimum absolute atomic E-state index is 0.0648. The fourth-order valence-electron chi connectivity index (χ4n) is 1.49. The third-order valence-corrected chi connectivity index (χ3v) is 2.18. The van der Waals surface area contributed by atoms with Crippen LogP contribution in [0.2, 0.25) is 0 Å². The second kappa shape index (κ2) is 4.20. The predicted octanol–water partition coefficient (Wildman–Crippen LogP) is 2.01. The third-order valence-electron chi connectivity index (χ3n) is 2.18. The number of hydrogen-bond donors (Lipinski definition) is 2. The molecule has 0 saturated heterocycles. The Kier molecular flexibility index (Phi) is 3.36. The van der Waals surface area contributed by atoms with E-state index in [-0.39, 0.29) is 11.1 Å². The van der Waals surface area contributed by atoms with E-state index in [1.807, 2.05) is 0 Å². The monoisotopic (exact) mass is 219 g/mol. The molecule has 15 heavy (non-hydrogen) atoms. The van der Waals surface area contributed by atoms with Gasteiger partial charge in [0.1, 0.15) is 0 Å². The average molecular weight is 219 g/mol. The smallest absolute Gasteiger partial charge is 0.394 e. The van der Waals surface area contributed by atoms with Gasteiger partial charge in [0, 0.05) is 0 Å². The zero-order chi connectivity index (χ0) is 11.6. The zero-order valence-corrected chi connectivity index (χ0v) is 8.17. The largest absolute Gasteiger partial charge is 0.416 e. The molecule has 1 aromatic carbocycles. The van der Waals surface area contributed by atoms with Gasteiger partial charge in [-0.25, -0.2) is 0 Å². The first-order chi connectivity index (χ1) is 6.88. The van der Waals surface area contributed by atoms with Crippen molar-refractivity contribution in [2.24, 2.45) is 5.73 Å². The van der Waals surface area contributed by atoms with E-state index in [1.54, 1.807) is 0 Å². The number of aryl methyl sites for hydroxylation is 1. The highest BCUT2D eigenvalue weighted by Gasteiger charge is 2.35. The van der Waals surface area contributed by atoms with Crippen molar-refractivity contribution in [1.29, 1.82) is 0 Å². The van der Waals surface area contributed by atoms with Gasteiger partial charge in [0.25, 0.3) is 0 Å². The van der Waals surface area contributed by atoms with Crippen LogP contribution in [0.25, 0.3) is 0 Å². The molecule has 0 bridgehead atoms. The molecular weight excluding hydrogens is 207 g/mol. The topological polar surface area (TPSA) is 46.2 Å². The molecule has 0 amide bonds. The summed E-state index contributed by atoms with van der Waals surface area (Å²) >= 11 is 0. The first-order valence-corrected chi connectivity index (χ1v) is 4.41. The Hall–Kier alpha value is -1.07. The van der Waals surface area contributed by atoms with Gasteiger partial charge in [-0.15, -0.1) is 0 Å². The van der Waals surface area contributed by atoms with Crippen LogP contribution >= 0.6 is 0 Å². The second-order valence-corrected chi connectivity index (χ2v) is 3.33. The van der Waals surface area contributed by atoms with Crippen molar-refractivity contribution in [1.82, 2.24) is 0 Å². The Labute approximate surface area is 85.5 Å². The number of alkyl halides is 3. The van der Waals surface area contributed by atoms with Crippen LogP contribution in [0.1, 0.15) is 22.7 Å². The van der Waals surface area contributed by atoms with Crippen molar-refractivity contribution in [3.05, 3.63) is 34.9 Å². The van der Waals surface area contributed by atoms with E-state index in [0.29, 0.717) is 0 Å². The van der Waals surface area contributed by atoms with Gasteiger partial charge in [-0.2, -0.15) is 13.2 Å². The summed E-state index contributed by atoms with van der Waals surface area (Å²) < 4.78 is 38.0. The number of rotatable bonds is 2. The SMILES string of the molecule is Cc1cccc([C@H](N)CO)c1C(F)(F)F. The molecule has 0 saturated carbocycles. The predicted molar refractivity (Wildman–Crippen MR) is 50.2 cm³/mol. The summed E-state index contributed by atoms with van der Waals surface area (Å²) in [5.74, 6) is 0. The summed E-state index contributed by atoms with van der Waals surface area (Å²) in [7, 11) is 0. The van der Waals surface area contributed by atoms with Crippen LogP contribution in [0, 0.1) is 6.92 Å². The summed E-state index contributed by atoms with van der Waals surface area (Å²) in [5, 5.41) is 8.78. The highest BCUT2D eigenvalue weighted by Crippen LogP contribution is 2.36. The molecule has 0 fully saturated rings. The van der Waals surface area contributed by atoms with Crippen molar-refractivity contribution in [3.63, 3.8) is 0 Å². The van der Waals surface area contributed by atoms with Crippen molar-refractivity contribution < 1.29 is 18.3 Å². The van der Waals surface area contributed by atoms with Gasteiger partial charge >= 0.3 is 6.18 Å². The summed E-state index contributed by atoms with van der Waals surface area (Å²) in [6.07, 6.45) is -4.44. The summed E-state index contributed by atoms with van der Waals surface area (Å²) in [6.45, 7) is 0.864. The molecule has 0 radical (unpaired) electrons. The van der Waals surface area contributed by atoms with E-state index in [0.717, 1.165) is 0 Å². The number of nitrogens with two attached hydrogens (primary N) is 1. The number of halogens is 3. The van der Waals surface area contributed by atoms with Gasteiger partial charge in [0.05, 0.1) is 18.2 Å². The molecule has 2 nitrogen and oxygen atoms in total. The first-order valence-electron chi connectivity index (χ1n) is 4.41. The summed E-state index contributed by atoms with van der Waals surface area (Å²) in [6, 6.07) is 3.16. The second-order valence-electron chi connectivity index (χ2n) is 3.33. The Balaban J connectivity index is 3.33. The quantitative estimate of drug-likeness (QED) is 0.799. The maximum absolute atomic E-state index is 12.7. The fourth-order valence-corrected chi connectivity index (χ4v) is 1.49. The standard InChI is InChI=1S/C10H12F3NO/c1-6-3-2-4-7(8(14)5-15)9(6)10(11,12)13/h2-4,8,15H,5,14H2,1H3/t8-/m1/s1. The molecule has 1 rings (SSSR count). The number of hydrogen-bond acceptors (Lipinski definition) is 2. The van der Waals surface area contributed by atoms with Gasteiger partial charge in [0.15, 0.2) is 0 Å². The molecule has 0 aliphatic rings. The van der Waals surface area contributed by atoms with Crippen LogP contribution in [0.4, 0.5) is 13.2 Å². The highest BCUT2D eigenvalue weighted by molar-refractivity contribution is 5.38. The van der Waals surface area contributed by atoms with E-state index in [2.05, 4.69) is 0 Å². The van der Waals surface area contributed by atoms with E-state index in [1.165, 1.54) is 25.1 Å². The van der Waals surface area contributed by atoms with Crippen molar-refractivity contribution in [3.8, 4) is 0 Å². The molecule has 0 aliphatic carbocycles. The minimum atomic E-state index is -4.44. The molecule has 5 heteroatoms. The van der Waals surface area contributed by atoms with Gasteiger partial charge in [-0.05, 0) is 18.1 Å². The molecule has 0 unspecified atom stereocenters. The lowest BCUT2D eigenvalue weighted by molar-refractivity contribution is -0.138. The van der Waals surface area contributed by atoms with Crippen LogP contribution in [-0.2, 0) is 6.18 Å². The zero-order valence-electron chi connectivity index (χ0n) is 8.17. The van der Waals surface area contributed by atoms with Gasteiger partial charge in [0.2, 0.25) is 0 Å². The molecule has 3 N–H and O–H groups in total. The Morgan fingerprint density at radius 3 is 2.47 bits per heavy atom. The molecular formula is C10H12F3NO. The Morgan fingerprint density at radius 2 is 2.00 bits per heavy atom. The number of aliphatic hydroxyl groups is 1. The highest BCUT2D eigenvalue weighted by atomic mass is 19.4. The maximum atomic E-state index is 12.7. The minimum Gasteiger partial charge on any atom is -0.394 e. The van der Waals surface area contributed by atoms with Crippen LogP contribution in [0.5, 0.6) is 0 Å². The van der Waals surface area contributed by atoms with Crippen molar-refractivity contribution in [2.75, 3.05) is 6.61 Å². The Bertz CT molecular complexity index is 349. The summed E-state index contributed by atoms with van der Waals surface area (Å²) in [5.41, 5.74) is 4.72. The fraction of sp³-hybridized carbons (Fsp3) is 0.400. The molecule has 0 spiro atoms. The van der Waals surface area contributed by atoms with E-state index in [9.17, 15) is 13.2 Å². The average Bonchev–Trinajstić information content (AvgIpc) is 2.14. The van der Waals surface area contributed by atoms with Crippen LogP contribution in [0.3, 0.4) is 0 Å². The van der Waals surface area contributed by atoms with E-state index >= 15 is 0 Å².